The Bertz CT molecular complexity index is 2490. The summed E-state index contributed by atoms with van der Waals surface area (Å²) in [7, 11) is 2.61. The number of halogens is 1. The van der Waals surface area contributed by atoms with Gasteiger partial charge in [0, 0.05) is 30.6 Å². The SMILES string of the molecule is C=C1[C@@H]2[C@H]1CC[C@@H](c1ncc(-c3ccc(-c4ccc(-c5nc([C@@H]6CC[C@H]7C(=C)[C@H]7N6C(=O)[C@@H](NC(=O)OC)C6CCOCC6)[nH]c5Cl)cc4)cc3)[nH]1)N2C(=O)[C@@H](NC(=O)OC)C(CC)CC. The summed E-state index contributed by atoms with van der Waals surface area (Å²) in [5.41, 5.74) is 7.29. The first kappa shape index (κ1) is 45.2. The monoisotopic (exact) mass is 918 g/mol. The van der Waals surface area contributed by atoms with Gasteiger partial charge in [0.25, 0.3) is 0 Å². The van der Waals surface area contributed by atoms with Gasteiger partial charge in [0.2, 0.25) is 11.8 Å². The van der Waals surface area contributed by atoms with Crippen molar-refractivity contribution in [1.82, 2.24) is 40.4 Å². The fourth-order valence-corrected chi connectivity index (χ4v) is 11.2. The Kier molecular flexibility index (Phi) is 12.9. The second-order valence-corrected chi connectivity index (χ2v) is 18.7. The minimum Gasteiger partial charge on any atom is -0.453 e. The number of piperidine rings is 2. The molecule has 5 fully saturated rings. The summed E-state index contributed by atoms with van der Waals surface area (Å²) in [5.74, 6) is 1.32. The number of hydrogen-bond donors (Lipinski definition) is 4. The molecule has 0 radical (unpaired) electrons. The lowest BCUT2D eigenvalue weighted by Gasteiger charge is -2.39. The molecular weight excluding hydrogens is 860 g/mol. The average molecular weight is 920 g/mol. The maximum absolute atomic E-state index is 14.5. The molecule has 4 amide bonds. The molecule has 2 aliphatic carbocycles. The van der Waals surface area contributed by atoms with Crippen LogP contribution in [0.15, 0.2) is 79.0 Å². The van der Waals surface area contributed by atoms with Crippen LogP contribution in [0.2, 0.25) is 5.15 Å². The first-order chi connectivity index (χ1) is 32.0. The number of amides is 4. The maximum atomic E-state index is 14.5. The van der Waals surface area contributed by atoms with Gasteiger partial charge in [-0.2, -0.15) is 0 Å². The average Bonchev–Trinajstić information content (AvgIpc) is 4.00. The first-order valence-electron chi connectivity index (χ1n) is 23.3. The van der Waals surface area contributed by atoms with Gasteiger partial charge in [-0.25, -0.2) is 19.6 Å². The van der Waals surface area contributed by atoms with Crippen LogP contribution in [0.3, 0.4) is 0 Å². The third kappa shape index (κ3) is 8.51. The van der Waals surface area contributed by atoms with Crippen LogP contribution >= 0.6 is 11.6 Å². The summed E-state index contributed by atoms with van der Waals surface area (Å²) in [5, 5.41) is 6.06. The number of hydrogen-bond acceptors (Lipinski definition) is 9. The van der Waals surface area contributed by atoms with Crippen LogP contribution in [0.4, 0.5) is 9.59 Å². The summed E-state index contributed by atoms with van der Waals surface area (Å²) >= 11 is 6.88. The van der Waals surface area contributed by atoms with Crippen molar-refractivity contribution in [1.29, 1.82) is 0 Å². The number of carbonyl (C=O) groups is 4. The Morgan fingerprint density at radius 1 is 0.742 bits per heavy atom. The van der Waals surface area contributed by atoms with Gasteiger partial charge in [0.15, 0.2) is 0 Å². The molecule has 66 heavy (non-hydrogen) atoms. The van der Waals surface area contributed by atoms with Gasteiger partial charge in [0.05, 0.1) is 50.3 Å². The van der Waals surface area contributed by atoms with Crippen LogP contribution < -0.4 is 10.6 Å². The van der Waals surface area contributed by atoms with Gasteiger partial charge in [-0.1, -0.05) is 100.0 Å². The third-order valence-corrected chi connectivity index (χ3v) is 15.1. The van der Waals surface area contributed by atoms with E-state index in [1.807, 2.05) is 66.2 Å². The largest absolute Gasteiger partial charge is 0.453 e. The van der Waals surface area contributed by atoms with Crippen molar-refractivity contribution in [2.45, 2.75) is 101 Å². The Morgan fingerprint density at radius 2 is 1.27 bits per heavy atom. The molecule has 15 nitrogen and oxygen atoms in total. The molecule has 5 aliphatic rings. The predicted molar refractivity (Wildman–Crippen MR) is 249 cm³/mol. The van der Waals surface area contributed by atoms with E-state index >= 15 is 0 Å². The molecule has 2 aromatic carbocycles. The molecule has 0 spiro atoms. The molecular formula is C50H59ClN8O7. The first-order valence-corrected chi connectivity index (χ1v) is 23.6. The lowest BCUT2D eigenvalue weighted by atomic mass is 9.89. The minimum atomic E-state index is -0.771. The molecule has 4 aromatic rings. The number of rotatable bonds is 13. The Labute approximate surface area is 390 Å². The van der Waals surface area contributed by atoms with E-state index in [2.05, 4.69) is 45.9 Å². The highest BCUT2D eigenvalue weighted by Crippen LogP contribution is 2.55. The van der Waals surface area contributed by atoms with Gasteiger partial charge >= 0.3 is 12.2 Å². The molecule has 16 heteroatoms. The van der Waals surface area contributed by atoms with E-state index in [1.165, 1.54) is 14.2 Å². The zero-order chi connectivity index (χ0) is 46.4. The van der Waals surface area contributed by atoms with E-state index in [4.69, 9.17) is 35.8 Å². The number of carbonyl (C=O) groups excluding carboxylic acids is 4. The van der Waals surface area contributed by atoms with Gasteiger partial charge < -0.3 is 44.6 Å². The number of likely N-dealkylation sites (tertiary alicyclic amines) is 2. The molecule has 4 N–H and O–H groups in total. The fourth-order valence-electron chi connectivity index (χ4n) is 10.9. The number of aromatic amines is 2. The Balaban J connectivity index is 0.904. The molecule has 0 bridgehead atoms. The van der Waals surface area contributed by atoms with Crippen LogP contribution in [-0.2, 0) is 23.8 Å². The van der Waals surface area contributed by atoms with Gasteiger partial charge in [-0.15, -0.1) is 0 Å². The smallest absolute Gasteiger partial charge is 0.407 e. The number of alkyl carbamates (subject to hydrolysis) is 2. The second-order valence-electron chi connectivity index (χ2n) is 18.3. The van der Waals surface area contributed by atoms with Crippen molar-refractivity contribution < 1.29 is 33.4 Å². The van der Waals surface area contributed by atoms with E-state index in [0.29, 0.717) is 55.0 Å². The number of nitrogens with one attached hydrogen (secondary N) is 4. The van der Waals surface area contributed by atoms with Crippen LogP contribution in [-0.4, -0.2) is 105 Å². The number of benzene rings is 2. The van der Waals surface area contributed by atoms with Crippen LogP contribution in [0.25, 0.3) is 33.6 Å². The molecule has 9 rings (SSSR count). The van der Waals surface area contributed by atoms with Gasteiger partial charge in [-0.05, 0) is 78.2 Å². The van der Waals surface area contributed by atoms with Crippen molar-refractivity contribution in [3.05, 3.63) is 95.8 Å². The number of nitrogens with zero attached hydrogens (tertiary/aromatic N) is 4. The van der Waals surface area contributed by atoms with Crippen molar-refractivity contribution in [3.63, 3.8) is 0 Å². The molecule has 348 valence electrons. The highest BCUT2D eigenvalue weighted by molar-refractivity contribution is 6.32. The molecule has 3 aliphatic heterocycles. The van der Waals surface area contributed by atoms with E-state index in [9.17, 15) is 19.2 Å². The van der Waals surface area contributed by atoms with E-state index < -0.39 is 24.3 Å². The summed E-state index contributed by atoms with van der Waals surface area (Å²) in [6.45, 7) is 13.7. The van der Waals surface area contributed by atoms with E-state index in [1.54, 1.807) is 0 Å². The summed E-state index contributed by atoms with van der Waals surface area (Å²) in [6, 6.07) is 13.9. The fraction of sp³-hybridized carbons (Fsp3) is 0.480. The van der Waals surface area contributed by atoms with Crippen molar-refractivity contribution >= 4 is 35.6 Å². The van der Waals surface area contributed by atoms with Crippen LogP contribution in [0.5, 0.6) is 0 Å². The molecule has 3 saturated heterocycles. The zero-order valence-corrected chi connectivity index (χ0v) is 38.7. The Morgan fingerprint density at radius 3 is 1.85 bits per heavy atom. The lowest BCUT2D eigenvalue weighted by Crippen LogP contribution is -2.55. The molecule has 2 saturated carbocycles. The zero-order valence-electron chi connectivity index (χ0n) is 38.0. The number of ether oxygens (including phenoxy) is 3. The second kappa shape index (κ2) is 18.8. The minimum absolute atomic E-state index is 0.0495. The number of H-pyrrole nitrogens is 2. The predicted octanol–water partition coefficient (Wildman–Crippen LogP) is 8.54. The maximum Gasteiger partial charge on any atom is 0.407 e. The summed E-state index contributed by atoms with van der Waals surface area (Å²) in [6.07, 6.45) is 6.51. The highest BCUT2D eigenvalue weighted by atomic mass is 35.5. The van der Waals surface area contributed by atoms with Crippen molar-refractivity contribution in [3.8, 4) is 33.6 Å². The van der Waals surface area contributed by atoms with Crippen molar-refractivity contribution in [2.75, 3.05) is 27.4 Å². The van der Waals surface area contributed by atoms with E-state index in [-0.39, 0.29) is 59.7 Å². The third-order valence-electron chi connectivity index (χ3n) is 14.8. The molecule has 0 unspecified atom stereocenters. The summed E-state index contributed by atoms with van der Waals surface area (Å²) in [4.78, 5) is 74.3. The van der Waals surface area contributed by atoms with Gasteiger partial charge in [-0.3, -0.25) is 9.59 Å². The topological polar surface area (TPSA) is 184 Å². The highest BCUT2D eigenvalue weighted by Gasteiger charge is 2.57. The lowest BCUT2D eigenvalue weighted by molar-refractivity contribution is -0.141. The van der Waals surface area contributed by atoms with Crippen LogP contribution in [0, 0.1) is 23.7 Å². The number of imidazole rings is 2. The molecule has 5 heterocycles. The quantitative estimate of drug-likeness (QED) is 0.0955. The molecule has 8 atom stereocenters. The molecule has 2 aromatic heterocycles. The van der Waals surface area contributed by atoms with Gasteiger partial charge in [0.1, 0.15) is 34.6 Å². The number of fused-ring (bicyclic) bond motifs is 2. The summed E-state index contributed by atoms with van der Waals surface area (Å²) < 4.78 is 15.4. The standard InChI is InChI=1S/C50H59ClN8O7/c1-7-28(8-2)40(55-49(62)64-5)47(60)58-37(19-17-34-26(3)42(34)58)45-52-25-36(53-45)31-13-9-29(10-14-31)30-11-15-32(16-12-30)39-44(51)57-46(54-39)38-20-18-35-27(4)43(35)59(38)48(61)41(56-50(63)65-6)33-21-23-66-24-22-33/h9-16,25,28,33-35,37-38,40-43H,3-4,7-8,17-24H2,1-2,5-6H3,(H,52,53)(H,54,57)(H,55,62)(H,56,63)/t34-,35-,37-,38-,40-,41-,42+,43+/m0/s1. The van der Waals surface area contributed by atoms with Crippen LogP contribution in [0.1, 0.15) is 88.9 Å². The van der Waals surface area contributed by atoms with E-state index in [0.717, 1.165) is 71.2 Å². The normalized spacial score (nSPS) is 24.5. The number of aromatic nitrogens is 4. The number of methoxy groups -OCH3 is 2. The Hall–Kier alpha value is -5.93. The van der Waals surface area contributed by atoms with Crippen molar-refractivity contribution in [2.24, 2.45) is 23.7 Å².